The molecule has 2 aromatic carbocycles. The normalized spacial score (nSPS) is 10.9. The molecule has 0 saturated heterocycles. The summed E-state index contributed by atoms with van der Waals surface area (Å²) < 4.78 is 35.7. The second kappa shape index (κ2) is 10.4. The second-order valence-corrected chi connectivity index (χ2v) is 7.51. The van der Waals surface area contributed by atoms with Gasteiger partial charge in [-0.05, 0) is 68.7 Å². The van der Waals surface area contributed by atoms with Crippen LogP contribution in [-0.2, 0) is 14.3 Å². The van der Waals surface area contributed by atoms with Gasteiger partial charge in [-0.25, -0.2) is 4.39 Å². The SMILES string of the molecule is COCCOCC(=O)Nc1cc(C)c(Oc2cc(F)cc(-c3c(C)noc3C)c2)c(C)c1. The molecule has 0 fully saturated rings. The molecule has 0 aliphatic heterocycles. The van der Waals surface area contributed by atoms with Crippen LogP contribution in [0.5, 0.6) is 11.5 Å². The zero-order valence-electron chi connectivity index (χ0n) is 18.9. The average molecular weight is 442 g/mol. The van der Waals surface area contributed by atoms with Crippen molar-refractivity contribution in [3.63, 3.8) is 0 Å². The van der Waals surface area contributed by atoms with Crippen molar-refractivity contribution >= 4 is 11.6 Å². The predicted octanol–water partition coefficient (Wildman–Crippen LogP) is 5.11. The van der Waals surface area contributed by atoms with Crippen molar-refractivity contribution in [2.24, 2.45) is 0 Å². The van der Waals surface area contributed by atoms with Crippen molar-refractivity contribution < 1.29 is 27.9 Å². The van der Waals surface area contributed by atoms with E-state index in [1.165, 1.54) is 12.1 Å². The zero-order valence-corrected chi connectivity index (χ0v) is 18.9. The first kappa shape index (κ1) is 23.4. The third-order valence-electron chi connectivity index (χ3n) is 4.82. The number of rotatable bonds is 9. The molecule has 1 N–H and O–H groups in total. The molecule has 3 rings (SSSR count). The van der Waals surface area contributed by atoms with Crippen LogP contribution in [0.25, 0.3) is 11.1 Å². The van der Waals surface area contributed by atoms with Crippen molar-refractivity contribution in [2.75, 3.05) is 32.2 Å². The number of benzene rings is 2. The van der Waals surface area contributed by atoms with E-state index in [1.807, 2.05) is 13.8 Å². The Labute approximate surface area is 186 Å². The summed E-state index contributed by atoms with van der Waals surface area (Å²) in [6.07, 6.45) is 0. The molecule has 1 amide bonds. The number of hydrogen-bond donors (Lipinski definition) is 1. The van der Waals surface area contributed by atoms with Crippen LogP contribution < -0.4 is 10.1 Å². The second-order valence-electron chi connectivity index (χ2n) is 7.51. The van der Waals surface area contributed by atoms with E-state index in [0.29, 0.717) is 47.4 Å². The quantitative estimate of drug-likeness (QED) is 0.464. The van der Waals surface area contributed by atoms with Crippen LogP contribution in [0.2, 0.25) is 0 Å². The van der Waals surface area contributed by atoms with E-state index >= 15 is 0 Å². The molecule has 0 spiro atoms. The molecule has 1 heterocycles. The van der Waals surface area contributed by atoms with E-state index in [1.54, 1.807) is 39.2 Å². The Morgan fingerprint density at radius 3 is 2.41 bits per heavy atom. The van der Waals surface area contributed by atoms with Gasteiger partial charge in [0, 0.05) is 24.4 Å². The van der Waals surface area contributed by atoms with Gasteiger partial charge in [0.2, 0.25) is 5.91 Å². The number of halogens is 1. The molecule has 8 heteroatoms. The topological polar surface area (TPSA) is 82.8 Å². The van der Waals surface area contributed by atoms with E-state index in [-0.39, 0.29) is 12.5 Å². The number of nitrogens with zero attached hydrogens (tertiary/aromatic N) is 1. The lowest BCUT2D eigenvalue weighted by Crippen LogP contribution is -2.19. The minimum Gasteiger partial charge on any atom is -0.457 e. The largest absolute Gasteiger partial charge is 0.457 e. The molecule has 3 aromatic rings. The Kier molecular flexibility index (Phi) is 7.61. The van der Waals surface area contributed by atoms with Gasteiger partial charge >= 0.3 is 0 Å². The first-order valence-corrected chi connectivity index (χ1v) is 10.2. The van der Waals surface area contributed by atoms with Crippen LogP contribution >= 0.6 is 0 Å². The van der Waals surface area contributed by atoms with E-state index in [2.05, 4.69) is 10.5 Å². The van der Waals surface area contributed by atoms with Crippen LogP contribution in [0.3, 0.4) is 0 Å². The molecule has 0 aliphatic rings. The third kappa shape index (κ3) is 5.72. The highest BCUT2D eigenvalue weighted by Crippen LogP contribution is 2.35. The molecule has 32 heavy (non-hydrogen) atoms. The van der Waals surface area contributed by atoms with Gasteiger partial charge in [0.15, 0.2) is 0 Å². The number of anilines is 1. The van der Waals surface area contributed by atoms with Gasteiger partial charge in [-0.1, -0.05) is 5.16 Å². The molecular weight excluding hydrogens is 415 g/mol. The predicted molar refractivity (Wildman–Crippen MR) is 119 cm³/mol. The van der Waals surface area contributed by atoms with E-state index in [0.717, 1.165) is 16.7 Å². The number of amides is 1. The molecular formula is C24H27FN2O5. The maximum atomic E-state index is 14.3. The fourth-order valence-electron chi connectivity index (χ4n) is 3.47. The van der Waals surface area contributed by atoms with Crippen molar-refractivity contribution in [3.05, 3.63) is 58.7 Å². The van der Waals surface area contributed by atoms with Crippen LogP contribution in [-0.4, -0.2) is 38.0 Å². The van der Waals surface area contributed by atoms with Gasteiger partial charge in [-0.2, -0.15) is 0 Å². The Bertz CT molecular complexity index is 1070. The maximum Gasteiger partial charge on any atom is 0.250 e. The van der Waals surface area contributed by atoms with Gasteiger partial charge in [-0.3, -0.25) is 4.79 Å². The summed E-state index contributed by atoms with van der Waals surface area (Å²) in [5.74, 6) is 0.870. The Morgan fingerprint density at radius 2 is 1.78 bits per heavy atom. The summed E-state index contributed by atoms with van der Waals surface area (Å²) in [6, 6.07) is 8.09. The summed E-state index contributed by atoms with van der Waals surface area (Å²) in [4.78, 5) is 12.1. The lowest BCUT2D eigenvalue weighted by atomic mass is 10.0. The highest BCUT2D eigenvalue weighted by atomic mass is 19.1. The summed E-state index contributed by atoms with van der Waals surface area (Å²) >= 11 is 0. The van der Waals surface area contributed by atoms with Crippen molar-refractivity contribution in [1.82, 2.24) is 5.16 Å². The number of methoxy groups -OCH3 is 1. The monoisotopic (exact) mass is 442 g/mol. The number of aryl methyl sites for hydroxylation is 4. The number of nitrogens with one attached hydrogen (secondary N) is 1. The van der Waals surface area contributed by atoms with Gasteiger partial charge in [0.05, 0.1) is 18.9 Å². The maximum absolute atomic E-state index is 14.3. The Hall–Kier alpha value is -3.23. The number of ether oxygens (including phenoxy) is 3. The van der Waals surface area contributed by atoms with Gasteiger partial charge in [0.25, 0.3) is 0 Å². The molecule has 0 atom stereocenters. The van der Waals surface area contributed by atoms with Crippen molar-refractivity contribution in [2.45, 2.75) is 27.7 Å². The Balaban J connectivity index is 1.78. The summed E-state index contributed by atoms with van der Waals surface area (Å²) in [6.45, 7) is 8.02. The van der Waals surface area contributed by atoms with Crippen LogP contribution in [0.15, 0.2) is 34.9 Å². The standard InChI is InChI=1S/C24H27FN2O5/c1-14-8-20(26-22(28)13-30-7-6-29-5)9-15(2)24(14)31-21-11-18(10-19(25)12-21)23-16(3)27-32-17(23)4/h8-12H,6-7,13H2,1-5H3,(H,26,28). The first-order valence-electron chi connectivity index (χ1n) is 10.2. The van der Waals surface area contributed by atoms with Crippen LogP contribution in [0.4, 0.5) is 10.1 Å². The zero-order chi connectivity index (χ0) is 23.3. The lowest BCUT2D eigenvalue weighted by Gasteiger charge is -2.15. The minimum absolute atomic E-state index is 0.0620. The van der Waals surface area contributed by atoms with Gasteiger partial charge in [0.1, 0.15) is 29.7 Å². The lowest BCUT2D eigenvalue weighted by molar-refractivity contribution is -0.121. The van der Waals surface area contributed by atoms with E-state index in [4.69, 9.17) is 18.7 Å². The van der Waals surface area contributed by atoms with E-state index in [9.17, 15) is 9.18 Å². The summed E-state index contributed by atoms with van der Waals surface area (Å²) in [7, 11) is 1.57. The number of hydrogen-bond acceptors (Lipinski definition) is 6. The van der Waals surface area contributed by atoms with Crippen molar-refractivity contribution in [1.29, 1.82) is 0 Å². The third-order valence-corrected chi connectivity index (χ3v) is 4.82. The molecule has 0 saturated carbocycles. The average Bonchev–Trinajstić information content (AvgIpc) is 3.06. The molecule has 0 bridgehead atoms. The molecule has 170 valence electrons. The number of carbonyl (C=O) groups is 1. The summed E-state index contributed by atoms with van der Waals surface area (Å²) in [5.41, 5.74) is 4.27. The molecule has 0 aliphatic carbocycles. The van der Waals surface area contributed by atoms with Crippen LogP contribution in [0.1, 0.15) is 22.6 Å². The molecule has 7 nitrogen and oxygen atoms in total. The van der Waals surface area contributed by atoms with Gasteiger partial charge in [-0.15, -0.1) is 0 Å². The molecule has 0 unspecified atom stereocenters. The fourth-order valence-corrected chi connectivity index (χ4v) is 3.47. The summed E-state index contributed by atoms with van der Waals surface area (Å²) in [5, 5.41) is 6.74. The van der Waals surface area contributed by atoms with Crippen LogP contribution in [0, 0.1) is 33.5 Å². The first-order chi connectivity index (χ1) is 15.3. The van der Waals surface area contributed by atoms with E-state index < -0.39 is 5.82 Å². The molecule has 1 aromatic heterocycles. The Morgan fingerprint density at radius 1 is 1.06 bits per heavy atom. The minimum atomic E-state index is -0.426. The smallest absolute Gasteiger partial charge is 0.250 e. The van der Waals surface area contributed by atoms with Crippen molar-refractivity contribution in [3.8, 4) is 22.6 Å². The fraction of sp³-hybridized carbons (Fsp3) is 0.333. The highest BCUT2D eigenvalue weighted by molar-refractivity contribution is 5.92. The van der Waals surface area contributed by atoms with Gasteiger partial charge < -0.3 is 24.1 Å². The number of aromatic nitrogens is 1. The molecule has 0 radical (unpaired) electrons. The highest BCUT2D eigenvalue weighted by Gasteiger charge is 2.16. The number of carbonyl (C=O) groups excluding carboxylic acids is 1.